The number of phenols is 1. The number of hydrogen-bond donors (Lipinski definition) is 2. The lowest BCUT2D eigenvalue weighted by molar-refractivity contribution is 0.104. The molecule has 2 rings (SSSR count). The maximum absolute atomic E-state index is 12.6. The number of ether oxygens (including phenoxy) is 1. The van der Waals surface area contributed by atoms with Gasteiger partial charge in [0.05, 0.1) is 12.7 Å². The number of carbonyl (C=O) groups is 1. The van der Waals surface area contributed by atoms with Gasteiger partial charge in [0, 0.05) is 18.3 Å². The van der Waals surface area contributed by atoms with Gasteiger partial charge >= 0.3 is 0 Å². The molecule has 2 N–H and O–H groups in total. The van der Waals surface area contributed by atoms with Crippen LogP contribution in [-0.2, 0) is 12.8 Å². The smallest absolute Gasteiger partial charge is 0.185 e. The quantitative estimate of drug-likeness (QED) is 0.333. The second kappa shape index (κ2) is 10.9. The van der Waals surface area contributed by atoms with Crippen LogP contribution in [-0.4, -0.2) is 25.0 Å². The number of nitrogens with one attached hydrogen (secondary N) is 1. The summed E-state index contributed by atoms with van der Waals surface area (Å²) < 4.78 is 5.60. The molecule has 152 valence electrons. The number of benzene rings is 2. The molecule has 2 aromatic rings. The topological polar surface area (TPSA) is 58.6 Å². The van der Waals surface area contributed by atoms with E-state index in [1.54, 1.807) is 25.3 Å². The summed E-state index contributed by atoms with van der Waals surface area (Å²) in [4.78, 5) is 12.6. The minimum Gasteiger partial charge on any atom is -0.507 e. The van der Waals surface area contributed by atoms with Crippen LogP contribution in [0.3, 0.4) is 0 Å². The standard InChI is InChI=1S/C25H29NO3/c1-5-7-9-19-17-20(10-8-6-2)25(29-4)22(24(19)28)15-16-23(27)18-11-13-21(26-3)14-12-18/h5-8,11-17,26,28H,9-10H2,1-4H3/b7-5+,8-6+,16-15+. The van der Waals surface area contributed by atoms with Crippen molar-refractivity contribution in [1.82, 2.24) is 0 Å². The second-order valence-corrected chi connectivity index (χ2v) is 6.56. The van der Waals surface area contributed by atoms with Crippen LogP contribution in [0.15, 0.2) is 60.7 Å². The van der Waals surface area contributed by atoms with Gasteiger partial charge in [-0.1, -0.05) is 24.3 Å². The van der Waals surface area contributed by atoms with Crippen molar-refractivity contribution in [3.63, 3.8) is 0 Å². The van der Waals surface area contributed by atoms with Crippen molar-refractivity contribution in [2.75, 3.05) is 19.5 Å². The Morgan fingerprint density at radius 2 is 1.69 bits per heavy atom. The predicted octanol–water partition coefficient (Wildman–Crippen LogP) is 5.58. The number of carbonyl (C=O) groups excluding carboxylic acids is 1. The number of hydrogen-bond acceptors (Lipinski definition) is 4. The molecule has 0 spiro atoms. The Hall–Kier alpha value is -3.27. The third-order valence-electron chi connectivity index (χ3n) is 4.65. The monoisotopic (exact) mass is 391 g/mol. The van der Waals surface area contributed by atoms with Crippen molar-refractivity contribution in [1.29, 1.82) is 0 Å². The molecule has 4 heteroatoms. The molecule has 0 aromatic heterocycles. The van der Waals surface area contributed by atoms with E-state index in [2.05, 4.69) is 5.32 Å². The molecule has 4 nitrogen and oxygen atoms in total. The zero-order valence-electron chi connectivity index (χ0n) is 17.5. The first kappa shape index (κ1) is 22.0. The van der Waals surface area contributed by atoms with Gasteiger partial charge in [-0.3, -0.25) is 4.79 Å². The number of ketones is 1. The fourth-order valence-corrected chi connectivity index (χ4v) is 3.05. The van der Waals surface area contributed by atoms with Gasteiger partial charge in [0.15, 0.2) is 5.78 Å². The number of anilines is 1. The number of aromatic hydroxyl groups is 1. The summed E-state index contributed by atoms with van der Waals surface area (Å²) in [5, 5.41) is 13.9. The van der Waals surface area contributed by atoms with Crippen LogP contribution in [0, 0.1) is 0 Å². The van der Waals surface area contributed by atoms with Crippen molar-refractivity contribution in [2.24, 2.45) is 0 Å². The molecule has 0 saturated heterocycles. The molecule has 0 heterocycles. The first-order chi connectivity index (χ1) is 14.0. The summed E-state index contributed by atoms with van der Waals surface area (Å²) in [6, 6.07) is 9.22. The number of methoxy groups -OCH3 is 1. The van der Waals surface area contributed by atoms with Crippen molar-refractivity contribution in [2.45, 2.75) is 26.7 Å². The zero-order chi connectivity index (χ0) is 21.2. The summed E-state index contributed by atoms with van der Waals surface area (Å²) in [7, 11) is 3.41. The molecule has 29 heavy (non-hydrogen) atoms. The van der Waals surface area contributed by atoms with Crippen LogP contribution in [0.5, 0.6) is 11.5 Å². The van der Waals surface area contributed by atoms with Crippen LogP contribution >= 0.6 is 0 Å². The first-order valence-electron chi connectivity index (χ1n) is 9.69. The molecule has 0 saturated carbocycles. The summed E-state index contributed by atoms with van der Waals surface area (Å²) in [6.45, 7) is 3.91. The van der Waals surface area contributed by atoms with Crippen LogP contribution in [0.1, 0.15) is 40.9 Å². The third kappa shape index (κ3) is 5.61. The lowest BCUT2D eigenvalue weighted by atomic mass is 9.97. The normalized spacial score (nSPS) is 11.6. The molecule has 0 amide bonds. The van der Waals surface area contributed by atoms with E-state index >= 15 is 0 Å². The third-order valence-corrected chi connectivity index (χ3v) is 4.65. The fraction of sp³-hybridized carbons (Fsp3) is 0.240. The lowest BCUT2D eigenvalue weighted by Crippen LogP contribution is -1.99. The summed E-state index contributed by atoms with van der Waals surface area (Å²) in [6.07, 6.45) is 12.4. The highest BCUT2D eigenvalue weighted by Gasteiger charge is 2.16. The van der Waals surface area contributed by atoms with Crippen molar-refractivity contribution < 1.29 is 14.6 Å². The average molecular weight is 392 g/mol. The Morgan fingerprint density at radius 3 is 2.24 bits per heavy atom. The van der Waals surface area contributed by atoms with Gasteiger partial charge in [-0.15, -0.1) is 0 Å². The minimum absolute atomic E-state index is 0.136. The first-order valence-corrected chi connectivity index (χ1v) is 9.69. The molecule has 0 aliphatic rings. The van der Waals surface area contributed by atoms with Crippen LogP contribution in [0.4, 0.5) is 5.69 Å². The van der Waals surface area contributed by atoms with Crippen LogP contribution in [0.25, 0.3) is 6.08 Å². The van der Waals surface area contributed by atoms with Crippen LogP contribution < -0.4 is 10.1 Å². The lowest BCUT2D eigenvalue weighted by Gasteiger charge is -2.15. The van der Waals surface area contributed by atoms with E-state index in [1.807, 2.05) is 63.4 Å². The Bertz CT molecular complexity index is 922. The van der Waals surface area contributed by atoms with Gasteiger partial charge in [-0.25, -0.2) is 0 Å². The second-order valence-electron chi connectivity index (χ2n) is 6.56. The van der Waals surface area contributed by atoms with Gasteiger partial charge in [0.2, 0.25) is 0 Å². The van der Waals surface area contributed by atoms with E-state index in [-0.39, 0.29) is 11.5 Å². The van der Waals surface area contributed by atoms with Gasteiger partial charge in [-0.05, 0) is 80.3 Å². The molecule has 0 aliphatic carbocycles. The van der Waals surface area contributed by atoms with E-state index in [0.717, 1.165) is 16.8 Å². The fourth-order valence-electron chi connectivity index (χ4n) is 3.05. The van der Waals surface area contributed by atoms with E-state index in [4.69, 9.17) is 4.74 Å². The summed E-state index contributed by atoms with van der Waals surface area (Å²) in [5.41, 5.74) is 3.81. The van der Waals surface area contributed by atoms with Crippen molar-refractivity contribution >= 4 is 17.5 Å². The highest BCUT2D eigenvalue weighted by atomic mass is 16.5. The van der Waals surface area contributed by atoms with E-state index < -0.39 is 0 Å². The van der Waals surface area contributed by atoms with Gasteiger partial charge in [0.1, 0.15) is 11.5 Å². The molecule has 2 aromatic carbocycles. The molecule has 0 fully saturated rings. The summed E-state index contributed by atoms with van der Waals surface area (Å²) in [5.74, 6) is 0.584. The highest BCUT2D eigenvalue weighted by Crippen LogP contribution is 2.37. The van der Waals surface area contributed by atoms with Crippen LogP contribution in [0.2, 0.25) is 0 Å². The van der Waals surface area contributed by atoms with E-state index in [1.165, 1.54) is 6.08 Å². The average Bonchev–Trinajstić information content (AvgIpc) is 2.75. The molecule has 0 radical (unpaired) electrons. The van der Waals surface area contributed by atoms with Gasteiger partial charge in [-0.2, -0.15) is 0 Å². The molecule has 0 aliphatic heterocycles. The minimum atomic E-state index is -0.136. The molecule has 0 atom stereocenters. The SMILES string of the molecule is C/C=C/Cc1cc(C/C=C/C)c(OC)c(/C=C/C(=O)c2ccc(NC)cc2)c1O. The molecular weight excluding hydrogens is 362 g/mol. The molecule has 0 bridgehead atoms. The predicted molar refractivity (Wildman–Crippen MR) is 121 cm³/mol. The zero-order valence-corrected chi connectivity index (χ0v) is 17.5. The Labute approximate surface area is 173 Å². The molecular formula is C25H29NO3. The largest absolute Gasteiger partial charge is 0.507 e. The Balaban J connectivity index is 2.46. The Morgan fingerprint density at radius 1 is 1.07 bits per heavy atom. The van der Waals surface area contributed by atoms with Crippen molar-refractivity contribution in [3.8, 4) is 11.5 Å². The summed E-state index contributed by atoms with van der Waals surface area (Å²) >= 11 is 0. The highest BCUT2D eigenvalue weighted by molar-refractivity contribution is 6.07. The number of phenolic OH excluding ortho intramolecular Hbond substituents is 1. The molecule has 0 unspecified atom stereocenters. The maximum atomic E-state index is 12.6. The Kier molecular flexibility index (Phi) is 8.28. The van der Waals surface area contributed by atoms with Gasteiger partial charge in [0.25, 0.3) is 0 Å². The van der Waals surface area contributed by atoms with Crippen molar-refractivity contribution in [3.05, 3.63) is 83.0 Å². The van der Waals surface area contributed by atoms with E-state index in [9.17, 15) is 9.90 Å². The number of rotatable bonds is 9. The van der Waals surface area contributed by atoms with Gasteiger partial charge < -0.3 is 15.2 Å². The number of allylic oxidation sites excluding steroid dienone is 5. The maximum Gasteiger partial charge on any atom is 0.185 e. The van der Waals surface area contributed by atoms with E-state index in [0.29, 0.717) is 29.7 Å².